The van der Waals surface area contributed by atoms with Crippen LogP contribution >= 0.6 is 15.9 Å². The van der Waals surface area contributed by atoms with Crippen molar-refractivity contribution in [3.05, 3.63) is 40.8 Å². The van der Waals surface area contributed by atoms with Crippen LogP contribution in [0.4, 0.5) is 0 Å². The van der Waals surface area contributed by atoms with Gasteiger partial charge in [-0.2, -0.15) is 5.10 Å². The first kappa shape index (κ1) is 16.6. The first-order valence-electron chi connectivity index (χ1n) is 6.05. The Labute approximate surface area is 127 Å². The maximum atomic E-state index is 5.06. The van der Waals surface area contributed by atoms with Crippen molar-refractivity contribution in [1.29, 1.82) is 0 Å². The molecule has 20 heavy (non-hydrogen) atoms. The lowest BCUT2D eigenvalue weighted by atomic mass is 10.2. The van der Waals surface area contributed by atoms with Crippen LogP contribution in [0.2, 0.25) is 0 Å². The highest BCUT2D eigenvalue weighted by Gasteiger charge is 2.11. The van der Waals surface area contributed by atoms with Gasteiger partial charge in [0, 0.05) is 26.8 Å². The van der Waals surface area contributed by atoms with Gasteiger partial charge in [-0.25, -0.2) is 4.99 Å². The largest absolute Gasteiger partial charge is 0.351 e. The van der Waals surface area contributed by atoms with Crippen LogP contribution in [-0.4, -0.2) is 44.0 Å². The summed E-state index contributed by atoms with van der Waals surface area (Å²) in [6.45, 7) is 6.64. The van der Waals surface area contributed by atoms with Crippen LogP contribution in [0.15, 0.2) is 50.9 Å². The van der Waals surface area contributed by atoms with Crippen LogP contribution in [0.5, 0.6) is 0 Å². The third-order valence-electron chi connectivity index (χ3n) is 2.46. The molecular weight excluding hydrogens is 322 g/mol. The van der Waals surface area contributed by atoms with E-state index in [2.05, 4.69) is 38.3 Å². The van der Waals surface area contributed by atoms with Gasteiger partial charge in [0.1, 0.15) is 4.61 Å². The highest BCUT2D eigenvalue weighted by molar-refractivity contribution is 9.11. The Morgan fingerprint density at radius 1 is 1.60 bits per heavy atom. The van der Waals surface area contributed by atoms with Gasteiger partial charge in [-0.05, 0) is 35.0 Å². The number of allylic oxidation sites excluding steroid dienone is 2. The quantitative estimate of drug-likeness (QED) is 0.235. The molecule has 0 radical (unpaired) electrons. The molecule has 0 aromatic heterocycles. The van der Waals surface area contributed by atoms with Crippen molar-refractivity contribution in [2.75, 3.05) is 20.8 Å². The molecule has 1 heterocycles. The number of nitrogens with zero attached hydrogens (tertiary/aromatic N) is 3. The van der Waals surface area contributed by atoms with E-state index in [1.807, 2.05) is 13.0 Å². The first-order valence-corrected chi connectivity index (χ1v) is 6.85. The summed E-state index contributed by atoms with van der Waals surface area (Å²) in [5.41, 5.74) is 4.36. The summed E-state index contributed by atoms with van der Waals surface area (Å²) in [6, 6.07) is 0. The summed E-state index contributed by atoms with van der Waals surface area (Å²) in [4.78, 5) is 4.38. The Morgan fingerprint density at radius 2 is 2.30 bits per heavy atom. The van der Waals surface area contributed by atoms with Crippen molar-refractivity contribution in [3.8, 4) is 0 Å². The van der Waals surface area contributed by atoms with E-state index in [1.54, 1.807) is 37.6 Å². The zero-order valence-electron chi connectivity index (χ0n) is 11.8. The van der Waals surface area contributed by atoms with Gasteiger partial charge >= 0.3 is 0 Å². The molecule has 0 saturated heterocycles. The molecule has 1 aliphatic heterocycles. The van der Waals surface area contributed by atoms with Crippen LogP contribution in [0.1, 0.15) is 6.92 Å². The van der Waals surface area contributed by atoms with Gasteiger partial charge in [0.05, 0.1) is 17.6 Å². The van der Waals surface area contributed by atoms with Crippen LogP contribution in [-0.2, 0) is 9.47 Å². The molecule has 0 unspecified atom stereocenters. The molecule has 0 fully saturated rings. The molecule has 0 N–H and O–H groups in total. The number of hydrogen-bond donors (Lipinski definition) is 0. The van der Waals surface area contributed by atoms with Gasteiger partial charge in [-0.3, -0.25) is 5.01 Å². The summed E-state index contributed by atoms with van der Waals surface area (Å²) >= 11 is 3.35. The lowest BCUT2D eigenvalue weighted by molar-refractivity contribution is -0.0491. The van der Waals surface area contributed by atoms with Gasteiger partial charge in [-0.15, -0.1) is 5.73 Å². The van der Waals surface area contributed by atoms with E-state index >= 15 is 0 Å². The normalized spacial score (nSPS) is 14.4. The number of ether oxygens (including phenoxy) is 2. The van der Waals surface area contributed by atoms with Gasteiger partial charge in [0.25, 0.3) is 0 Å². The van der Waals surface area contributed by atoms with E-state index in [4.69, 9.17) is 9.47 Å². The van der Waals surface area contributed by atoms with E-state index in [-0.39, 0.29) is 0 Å². The third kappa shape index (κ3) is 4.90. The average Bonchev–Trinajstić information content (AvgIpc) is 2.68. The standard InChI is InChI=1S/C14H18BrN3O2/c1-5-18(16-10-14(19-3)20-4)11(2)12-8-6-7-9-13(15)17-12/h7-10,14H,2,5H2,1,3-4H3/b16-10+. The predicted octanol–water partition coefficient (Wildman–Crippen LogP) is 2.83. The van der Waals surface area contributed by atoms with Crippen LogP contribution in [0, 0.1) is 0 Å². The second-order valence-electron chi connectivity index (χ2n) is 3.73. The fourth-order valence-corrected chi connectivity index (χ4v) is 1.73. The zero-order valence-corrected chi connectivity index (χ0v) is 13.4. The number of aliphatic imine (C=N–C) groups is 1. The van der Waals surface area contributed by atoms with Crippen molar-refractivity contribution >= 4 is 27.9 Å². The second kappa shape index (κ2) is 8.66. The zero-order chi connectivity index (χ0) is 15.0. The van der Waals surface area contributed by atoms with Crippen molar-refractivity contribution in [1.82, 2.24) is 5.01 Å². The Hall–Kier alpha value is -1.46. The van der Waals surface area contributed by atoms with Crippen molar-refractivity contribution in [2.45, 2.75) is 13.2 Å². The summed E-state index contributed by atoms with van der Waals surface area (Å²) in [5.74, 6) is 0. The first-order chi connectivity index (χ1) is 9.62. The van der Waals surface area contributed by atoms with Crippen LogP contribution in [0.3, 0.4) is 0 Å². The van der Waals surface area contributed by atoms with Gasteiger partial charge in [0.2, 0.25) is 0 Å². The molecule has 1 aliphatic rings. The van der Waals surface area contributed by atoms with Crippen molar-refractivity contribution in [2.24, 2.45) is 10.1 Å². The molecule has 1 rings (SSSR count). The monoisotopic (exact) mass is 339 g/mol. The molecule has 0 amide bonds. The van der Waals surface area contributed by atoms with Gasteiger partial charge < -0.3 is 9.47 Å². The highest BCUT2D eigenvalue weighted by Crippen LogP contribution is 2.14. The Balaban J connectivity index is 2.87. The van der Waals surface area contributed by atoms with E-state index in [0.29, 0.717) is 22.6 Å². The number of hydrogen-bond acceptors (Lipinski definition) is 5. The lowest BCUT2D eigenvalue weighted by Crippen LogP contribution is -2.23. The molecule has 0 aromatic rings. The summed E-state index contributed by atoms with van der Waals surface area (Å²) in [5, 5.41) is 6.02. The fraction of sp³-hybridized carbons (Fsp3) is 0.357. The number of methoxy groups -OCH3 is 2. The Kier molecular flexibility index (Phi) is 7.18. The molecule has 0 aromatic carbocycles. The number of rotatable bonds is 7. The smallest absolute Gasteiger partial charge is 0.195 e. The molecule has 0 saturated carbocycles. The van der Waals surface area contributed by atoms with Crippen LogP contribution < -0.4 is 0 Å². The molecule has 108 valence electrons. The molecule has 0 spiro atoms. The highest BCUT2D eigenvalue weighted by atomic mass is 79.9. The minimum atomic E-state index is -0.491. The molecule has 0 aliphatic carbocycles. The minimum absolute atomic E-state index is 0.491. The average molecular weight is 340 g/mol. The van der Waals surface area contributed by atoms with E-state index in [9.17, 15) is 0 Å². The van der Waals surface area contributed by atoms with Crippen molar-refractivity contribution in [3.63, 3.8) is 0 Å². The molecule has 0 atom stereocenters. The minimum Gasteiger partial charge on any atom is -0.351 e. The predicted molar refractivity (Wildman–Crippen MR) is 84.9 cm³/mol. The van der Waals surface area contributed by atoms with Crippen LogP contribution in [0.25, 0.3) is 0 Å². The lowest BCUT2D eigenvalue weighted by Gasteiger charge is -2.20. The van der Waals surface area contributed by atoms with Gasteiger partial charge in [0.15, 0.2) is 6.29 Å². The Morgan fingerprint density at radius 3 is 2.90 bits per heavy atom. The number of halogens is 1. The molecule has 5 nitrogen and oxygen atoms in total. The maximum absolute atomic E-state index is 5.06. The fourth-order valence-electron chi connectivity index (χ4n) is 1.40. The van der Waals surface area contributed by atoms with Gasteiger partial charge in [-0.1, -0.05) is 6.58 Å². The van der Waals surface area contributed by atoms with E-state index < -0.39 is 6.29 Å². The van der Waals surface area contributed by atoms with E-state index in [0.717, 1.165) is 0 Å². The van der Waals surface area contributed by atoms with Crippen molar-refractivity contribution < 1.29 is 9.47 Å². The second-order valence-corrected chi connectivity index (χ2v) is 4.54. The maximum Gasteiger partial charge on any atom is 0.195 e. The molecule has 0 bridgehead atoms. The number of hydrazone groups is 1. The Bertz CT molecular complexity index is 499. The summed E-state index contributed by atoms with van der Waals surface area (Å²) in [7, 11) is 3.10. The molecule has 6 heteroatoms. The summed E-state index contributed by atoms with van der Waals surface area (Å²) in [6.07, 6.45) is 6.42. The topological polar surface area (TPSA) is 46.4 Å². The SMILES string of the molecule is C=C(C1=NC(Br)=CC=C=C1)N(CC)/N=C/C(OC)OC. The summed E-state index contributed by atoms with van der Waals surface area (Å²) < 4.78 is 10.8. The van der Waals surface area contributed by atoms with E-state index in [1.165, 1.54) is 0 Å². The third-order valence-corrected chi connectivity index (χ3v) is 2.91. The molecular formula is C14H18BrN3O2.